The molecular formula is C13H22N2OS. The monoisotopic (exact) mass is 254 g/mol. The Hall–Kier alpha value is -0.550. The van der Waals surface area contributed by atoms with E-state index in [1.807, 2.05) is 0 Å². The van der Waals surface area contributed by atoms with E-state index in [2.05, 4.69) is 42.5 Å². The van der Waals surface area contributed by atoms with Gasteiger partial charge < -0.3 is 10.5 Å². The normalized spacial score (nSPS) is 13.0. The third-order valence-corrected chi connectivity index (χ3v) is 3.65. The summed E-state index contributed by atoms with van der Waals surface area (Å²) in [5.41, 5.74) is 7.13. The van der Waals surface area contributed by atoms with Crippen molar-refractivity contribution in [1.29, 1.82) is 0 Å². The number of nitrogens with two attached hydrogens (primary N) is 1. The molecule has 96 valence electrons. The highest BCUT2D eigenvalue weighted by Gasteiger charge is 2.14. The second-order valence-electron chi connectivity index (χ2n) is 4.00. The summed E-state index contributed by atoms with van der Waals surface area (Å²) in [6.45, 7) is 2.25. The van der Waals surface area contributed by atoms with Gasteiger partial charge in [-0.15, -0.1) is 11.8 Å². The maximum atomic E-state index is 5.86. The number of hydrogen-bond acceptors (Lipinski definition) is 4. The number of hydrogen-bond donors (Lipinski definition) is 1. The first-order valence-electron chi connectivity index (χ1n) is 5.76. The van der Waals surface area contributed by atoms with E-state index in [9.17, 15) is 0 Å². The quantitative estimate of drug-likeness (QED) is 0.755. The summed E-state index contributed by atoms with van der Waals surface area (Å²) in [4.78, 5) is 3.52. The van der Waals surface area contributed by atoms with Gasteiger partial charge >= 0.3 is 0 Å². The lowest BCUT2D eigenvalue weighted by Crippen LogP contribution is -2.32. The topological polar surface area (TPSA) is 38.5 Å². The molecule has 1 unspecified atom stereocenters. The van der Waals surface area contributed by atoms with Crippen LogP contribution in [0.25, 0.3) is 0 Å². The Kier molecular flexibility index (Phi) is 6.58. The van der Waals surface area contributed by atoms with Gasteiger partial charge in [-0.05, 0) is 31.0 Å². The van der Waals surface area contributed by atoms with E-state index in [0.29, 0.717) is 6.54 Å². The van der Waals surface area contributed by atoms with Gasteiger partial charge in [-0.25, -0.2) is 0 Å². The Labute approximate surface area is 108 Å². The number of likely N-dealkylation sites (N-methyl/N-ethyl adjacent to an activating group) is 1. The number of methoxy groups -OCH3 is 1. The minimum absolute atomic E-state index is 0.265. The van der Waals surface area contributed by atoms with Crippen LogP contribution >= 0.6 is 11.8 Å². The third kappa shape index (κ3) is 4.32. The predicted molar refractivity (Wildman–Crippen MR) is 74.5 cm³/mol. The van der Waals surface area contributed by atoms with Crippen LogP contribution in [0.2, 0.25) is 0 Å². The molecule has 1 rings (SSSR count). The summed E-state index contributed by atoms with van der Waals surface area (Å²) < 4.78 is 5.09. The second kappa shape index (κ2) is 7.71. The molecule has 2 N–H and O–H groups in total. The van der Waals surface area contributed by atoms with Gasteiger partial charge in [0.05, 0.1) is 6.61 Å². The van der Waals surface area contributed by atoms with Gasteiger partial charge in [0.15, 0.2) is 0 Å². The fourth-order valence-electron chi connectivity index (χ4n) is 1.79. The molecule has 0 heterocycles. The van der Waals surface area contributed by atoms with Gasteiger partial charge in [0.25, 0.3) is 0 Å². The average molecular weight is 254 g/mol. The molecule has 17 heavy (non-hydrogen) atoms. The molecule has 0 aliphatic rings. The highest BCUT2D eigenvalue weighted by Crippen LogP contribution is 2.21. The van der Waals surface area contributed by atoms with Crippen molar-refractivity contribution in [3.05, 3.63) is 29.8 Å². The van der Waals surface area contributed by atoms with Crippen LogP contribution in [-0.4, -0.2) is 45.0 Å². The number of benzene rings is 1. The molecule has 0 bridgehead atoms. The van der Waals surface area contributed by atoms with Crippen molar-refractivity contribution in [1.82, 2.24) is 4.90 Å². The van der Waals surface area contributed by atoms with Crippen LogP contribution in [0.4, 0.5) is 0 Å². The second-order valence-corrected chi connectivity index (χ2v) is 4.88. The first kappa shape index (κ1) is 14.5. The minimum Gasteiger partial charge on any atom is -0.383 e. The molecule has 0 aliphatic heterocycles. The smallest absolute Gasteiger partial charge is 0.0589 e. The minimum atomic E-state index is 0.265. The Bertz CT molecular complexity index is 316. The summed E-state index contributed by atoms with van der Waals surface area (Å²) in [5.74, 6) is 0. The Balaban J connectivity index is 2.70. The molecule has 4 heteroatoms. The van der Waals surface area contributed by atoms with Crippen LogP contribution in [-0.2, 0) is 4.74 Å². The molecule has 0 spiro atoms. The van der Waals surface area contributed by atoms with E-state index in [-0.39, 0.29) is 6.04 Å². The zero-order valence-corrected chi connectivity index (χ0v) is 11.7. The summed E-state index contributed by atoms with van der Waals surface area (Å²) in [7, 11) is 3.80. The number of ether oxygens (including phenoxy) is 1. The molecule has 0 aliphatic carbocycles. The molecular weight excluding hydrogens is 232 g/mol. The fraction of sp³-hybridized carbons (Fsp3) is 0.538. The van der Waals surface area contributed by atoms with E-state index >= 15 is 0 Å². The molecule has 1 aromatic carbocycles. The molecule has 0 radical (unpaired) electrons. The summed E-state index contributed by atoms with van der Waals surface area (Å²) in [6, 6.07) is 8.87. The highest BCUT2D eigenvalue weighted by molar-refractivity contribution is 7.98. The van der Waals surface area contributed by atoms with E-state index in [1.54, 1.807) is 18.9 Å². The summed E-state index contributed by atoms with van der Waals surface area (Å²) >= 11 is 1.75. The molecule has 0 aromatic heterocycles. The Morgan fingerprint density at radius 1 is 1.35 bits per heavy atom. The zero-order chi connectivity index (χ0) is 12.7. The number of nitrogens with zero attached hydrogens (tertiary/aromatic N) is 1. The van der Waals surface area contributed by atoms with E-state index < -0.39 is 0 Å². The Morgan fingerprint density at radius 3 is 2.47 bits per heavy atom. The average Bonchev–Trinajstić information content (AvgIpc) is 2.38. The van der Waals surface area contributed by atoms with Crippen molar-refractivity contribution in [3.63, 3.8) is 0 Å². The van der Waals surface area contributed by atoms with E-state index in [4.69, 9.17) is 10.5 Å². The van der Waals surface area contributed by atoms with Crippen molar-refractivity contribution in [2.45, 2.75) is 10.9 Å². The van der Waals surface area contributed by atoms with Gasteiger partial charge in [-0.2, -0.15) is 0 Å². The predicted octanol–water partition coefficient (Wildman–Crippen LogP) is 1.99. The molecule has 3 nitrogen and oxygen atoms in total. The summed E-state index contributed by atoms with van der Waals surface area (Å²) in [5, 5.41) is 0. The SMILES string of the molecule is COCCN(C)C(CN)c1ccc(SC)cc1. The number of thioether (sulfide) groups is 1. The van der Waals surface area contributed by atoms with Gasteiger partial charge in [0.2, 0.25) is 0 Å². The lowest BCUT2D eigenvalue weighted by Gasteiger charge is -2.27. The van der Waals surface area contributed by atoms with Gasteiger partial charge in [-0.1, -0.05) is 12.1 Å². The molecule has 1 atom stereocenters. The van der Waals surface area contributed by atoms with Gasteiger partial charge in [0.1, 0.15) is 0 Å². The van der Waals surface area contributed by atoms with Crippen LogP contribution in [0.3, 0.4) is 0 Å². The van der Waals surface area contributed by atoms with Crippen molar-refractivity contribution < 1.29 is 4.74 Å². The first-order valence-corrected chi connectivity index (χ1v) is 6.98. The standard InChI is InChI=1S/C13H22N2OS/c1-15(8-9-16-2)13(10-14)11-4-6-12(17-3)7-5-11/h4-7,13H,8-10,14H2,1-3H3. The maximum absolute atomic E-state index is 5.86. The fourth-order valence-corrected chi connectivity index (χ4v) is 2.20. The lowest BCUT2D eigenvalue weighted by molar-refractivity contribution is 0.140. The molecule has 0 amide bonds. The van der Waals surface area contributed by atoms with Gasteiger partial charge in [-0.3, -0.25) is 4.90 Å². The Morgan fingerprint density at radius 2 is 2.00 bits per heavy atom. The largest absolute Gasteiger partial charge is 0.383 e. The lowest BCUT2D eigenvalue weighted by atomic mass is 10.1. The van der Waals surface area contributed by atoms with E-state index in [1.165, 1.54) is 10.5 Å². The molecule has 0 saturated heterocycles. The van der Waals surface area contributed by atoms with Crippen LogP contribution in [0.5, 0.6) is 0 Å². The number of rotatable bonds is 7. The van der Waals surface area contributed by atoms with Crippen molar-refractivity contribution in [2.24, 2.45) is 5.73 Å². The molecule has 1 aromatic rings. The third-order valence-electron chi connectivity index (χ3n) is 2.90. The molecule has 0 saturated carbocycles. The maximum Gasteiger partial charge on any atom is 0.0589 e. The van der Waals surface area contributed by atoms with Crippen molar-refractivity contribution in [2.75, 3.05) is 40.1 Å². The van der Waals surface area contributed by atoms with Crippen molar-refractivity contribution in [3.8, 4) is 0 Å². The zero-order valence-electron chi connectivity index (χ0n) is 10.8. The van der Waals surface area contributed by atoms with Crippen LogP contribution in [0, 0.1) is 0 Å². The summed E-state index contributed by atoms with van der Waals surface area (Å²) in [6.07, 6.45) is 2.08. The highest BCUT2D eigenvalue weighted by atomic mass is 32.2. The van der Waals surface area contributed by atoms with Crippen LogP contribution in [0.15, 0.2) is 29.2 Å². The van der Waals surface area contributed by atoms with E-state index in [0.717, 1.165) is 13.2 Å². The van der Waals surface area contributed by atoms with Gasteiger partial charge in [0, 0.05) is 31.1 Å². The molecule has 0 fully saturated rings. The first-order chi connectivity index (χ1) is 8.22. The van der Waals surface area contributed by atoms with Crippen molar-refractivity contribution >= 4 is 11.8 Å². The van der Waals surface area contributed by atoms with Crippen LogP contribution < -0.4 is 5.73 Å². The van der Waals surface area contributed by atoms with Crippen LogP contribution in [0.1, 0.15) is 11.6 Å².